The van der Waals surface area contributed by atoms with Crippen LogP contribution in [0.2, 0.25) is 0 Å². The molecule has 0 saturated carbocycles. The molecule has 0 bridgehead atoms. The largest absolute Gasteiger partial charge is 0.463 e. The topological polar surface area (TPSA) is 103 Å². The van der Waals surface area contributed by atoms with E-state index < -0.39 is 12.0 Å². The Kier molecular flexibility index (Phi) is 6.19. The van der Waals surface area contributed by atoms with Crippen LogP contribution in [-0.2, 0) is 9.53 Å². The smallest absolute Gasteiger partial charge is 0.338 e. The summed E-state index contributed by atoms with van der Waals surface area (Å²) in [6, 6.07) is 12.6. The maximum absolute atomic E-state index is 14.1. The van der Waals surface area contributed by atoms with E-state index in [0.717, 1.165) is 28.4 Å². The quantitative estimate of drug-likeness (QED) is 0.330. The Labute approximate surface area is 244 Å². The summed E-state index contributed by atoms with van der Waals surface area (Å²) in [6.07, 6.45) is 1.88. The number of esters is 1. The van der Waals surface area contributed by atoms with Gasteiger partial charge in [-0.05, 0) is 75.2 Å². The second kappa shape index (κ2) is 9.95. The lowest BCUT2D eigenvalue weighted by Crippen LogP contribution is -2.39. The molecule has 0 fully saturated rings. The van der Waals surface area contributed by atoms with Crippen LogP contribution in [0.3, 0.4) is 0 Å². The normalized spacial score (nSPS) is 17.0. The first-order valence-corrected chi connectivity index (χ1v) is 14.3. The van der Waals surface area contributed by atoms with Gasteiger partial charge in [-0.1, -0.05) is 17.4 Å². The Morgan fingerprint density at radius 2 is 1.69 bits per heavy atom. The number of ether oxygens (including phenoxy) is 5. The molecule has 0 N–H and O–H groups in total. The number of rotatable bonds is 5. The predicted molar refractivity (Wildman–Crippen MR) is 154 cm³/mol. The fourth-order valence-corrected chi connectivity index (χ4v) is 6.72. The van der Waals surface area contributed by atoms with Gasteiger partial charge in [-0.25, -0.2) is 9.79 Å². The number of aryl methyl sites for hydroxylation is 1. The monoisotopic (exact) mass is 585 g/mol. The highest BCUT2D eigenvalue weighted by molar-refractivity contribution is 7.07. The third-order valence-corrected chi connectivity index (χ3v) is 8.58. The molecule has 0 spiro atoms. The van der Waals surface area contributed by atoms with Crippen molar-refractivity contribution in [1.82, 2.24) is 9.13 Å². The van der Waals surface area contributed by atoms with Crippen LogP contribution in [0.5, 0.6) is 23.0 Å². The number of aromatic nitrogens is 2. The maximum Gasteiger partial charge on any atom is 0.338 e. The van der Waals surface area contributed by atoms with E-state index in [1.54, 1.807) is 30.5 Å². The molecule has 0 saturated heterocycles. The number of fused-ring (bicyclic) bond motifs is 3. The lowest BCUT2D eigenvalue weighted by molar-refractivity contribution is -0.139. The second-order valence-electron chi connectivity index (χ2n) is 10.1. The van der Waals surface area contributed by atoms with Crippen LogP contribution in [-0.4, -0.2) is 35.3 Å². The molecule has 214 valence electrons. The molecular formula is C31H27N3O7S. The van der Waals surface area contributed by atoms with Crippen LogP contribution >= 0.6 is 11.3 Å². The van der Waals surface area contributed by atoms with Gasteiger partial charge in [0.2, 0.25) is 13.6 Å². The van der Waals surface area contributed by atoms with Crippen LogP contribution in [0, 0.1) is 13.8 Å². The summed E-state index contributed by atoms with van der Waals surface area (Å²) >= 11 is 1.29. The molecule has 11 heteroatoms. The van der Waals surface area contributed by atoms with E-state index >= 15 is 0 Å². The Balaban J connectivity index is 1.37. The van der Waals surface area contributed by atoms with E-state index in [0.29, 0.717) is 43.4 Å². The van der Waals surface area contributed by atoms with Crippen molar-refractivity contribution in [2.45, 2.75) is 33.7 Å². The van der Waals surface area contributed by atoms with Crippen molar-refractivity contribution >= 4 is 23.4 Å². The van der Waals surface area contributed by atoms with E-state index in [2.05, 4.69) is 9.56 Å². The zero-order valence-electron chi connectivity index (χ0n) is 23.4. The fraction of sp³-hybridized carbons (Fsp3) is 0.258. The summed E-state index contributed by atoms with van der Waals surface area (Å²) in [5.41, 5.74) is 5.08. The van der Waals surface area contributed by atoms with Gasteiger partial charge in [0.1, 0.15) is 0 Å². The highest BCUT2D eigenvalue weighted by Crippen LogP contribution is 2.38. The molecule has 7 rings (SSSR count). The molecule has 0 aliphatic carbocycles. The minimum Gasteiger partial charge on any atom is -0.463 e. The van der Waals surface area contributed by atoms with Gasteiger partial charge in [0.15, 0.2) is 27.8 Å². The summed E-state index contributed by atoms with van der Waals surface area (Å²) < 4.78 is 31.7. The van der Waals surface area contributed by atoms with Crippen molar-refractivity contribution < 1.29 is 28.5 Å². The van der Waals surface area contributed by atoms with E-state index in [4.69, 9.17) is 23.7 Å². The van der Waals surface area contributed by atoms with Gasteiger partial charge < -0.3 is 28.3 Å². The van der Waals surface area contributed by atoms with Crippen molar-refractivity contribution in [1.29, 1.82) is 0 Å². The number of hydrogen-bond acceptors (Lipinski definition) is 9. The number of hydrogen-bond donors (Lipinski definition) is 0. The number of carbonyl (C=O) groups excluding carboxylic acids is 1. The molecule has 0 unspecified atom stereocenters. The average molecular weight is 586 g/mol. The van der Waals surface area contributed by atoms with Gasteiger partial charge in [-0.3, -0.25) is 9.36 Å². The minimum absolute atomic E-state index is 0.117. The van der Waals surface area contributed by atoms with Crippen LogP contribution in [0.25, 0.3) is 11.8 Å². The minimum atomic E-state index is -0.738. The number of carbonyl (C=O) groups is 1. The number of benzene rings is 2. The van der Waals surface area contributed by atoms with E-state index in [1.165, 1.54) is 11.3 Å². The third-order valence-electron chi connectivity index (χ3n) is 7.60. The fourth-order valence-electron chi connectivity index (χ4n) is 5.69. The Morgan fingerprint density at radius 1 is 1.00 bits per heavy atom. The van der Waals surface area contributed by atoms with E-state index in [-0.39, 0.29) is 25.8 Å². The first-order valence-electron chi connectivity index (χ1n) is 13.5. The molecular weight excluding hydrogens is 558 g/mol. The summed E-state index contributed by atoms with van der Waals surface area (Å²) in [5, 5.41) is 0. The molecule has 10 nitrogen and oxygen atoms in total. The molecule has 3 aliphatic rings. The lowest BCUT2D eigenvalue weighted by atomic mass is 9.95. The van der Waals surface area contributed by atoms with Crippen molar-refractivity contribution in [3.05, 3.63) is 95.9 Å². The molecule has 3 aliphatic heterocycles. The lowest BCUT2D eigenvalue weighted by Gasteiger charge is -2.24. The zero-order valence-corrected chi connectivity index (χ0v) is 24.2. The van der Waals surface area contributed by atoms with Crippen molar-refractivity contribution in [3.63, 3.8) is 0 Å². The highest BCUT2D eigenvalue weighted by Gasteiger charge is 2.34. The number of allylic oxidation sites excluding steroid dienone is 1. The average Bonchev–Trinajstić information content (AvgIpc) is 3.74. The van der Waals surface area contributed by atoms with Crippen LogP contribution in [0.4, 0.5) is 0 Å². The summed E-state index contributed by atoms with van der Waals surface area (Å²) in [5.74, 6) is 2.08. The second-order valence-corrected chi connectivity index (χ2v) is 11.1. The van der Waals surface area contributed by atoms with Gasteiger partial charge in [-0.15, -0.1) is 0 Å². The number of thiazole rings is 1. The molecule has 42 heavy (non-hydrogen) atoms. The van der Waals surface area contributed by atoms with Gasteiger partial charge in [0, 0.05) is 23.1 Å². The van der Waals surface area contributed by atoms with Crippen molar-refractivity contribution in [2.75, 3.05) is 20.2 Å². The summed E-state index contributed by atoms with van der Waals surface area (Å²) in [4.78, 5) is 32.5. The predicted octanol–water partition coefficient (Wildman–Crippen LogP) is 3.66. The molecule has 4 aromatic rings. The standard InChI is InChI=1S/C31H27N3O7S/c1-5-37-30(36)27-17(3)32-31-34(28(27)19-6-8-22-24(11-19)40-14-38-22)29(35)26(42-31)12-20-10-16(2)33(18(20)4)21-7-9-23-25(13-21)41-15-39-23/h6-13,28H,5,14-15H2,1-4H3/b26-12+/t28-/m1/s1. The molecule has 0 amide bonds. The van der Waals surface area contributed by atoms with Crippen LogP contribution in [0.15, 0.2) is 63.5 Å². The zero-order chi connectivity index (χ0) is 29.1. The van der Waals surface area contributed by atoms with Crippen LogP contribution in [0.1, 0.15) is 42.4 Å². The van der Waals surface area contributed by atoms with Gasteiger partial charge in [0.25, 0.3) is 5.56 Å². The van der Waals surface area contributed by atoms with Crippen LogP contribution < -0.4 is 33.8 Å². The van der Waals surface area contributed by atoms with Crippen molar-refractivity contribution in [2.24, 2.45) is 4.99 Å². The maximum atomic E-state index is 14.1. The molecule has 2 aromatic carbocycles. The summed E-state index contributed by atoms with van der Waals surface area (Å²) in [7, 11) is 0. The molecule has 2 aromatic heterocycles. The Hall–Kier alpha value is -4.77. The van der Waals surface area contributed by atoms with E-state index in [9.17, 15) is 9.59 Å². The number of nitrogens with zero attached hydrogens (tertiary/aromatic N) is 3. The summed E-state index contributed by atoms with van der Waals surface area (Å²) in [6.45, 7) is 8.07. The van der Waals surface area contributed by atoms with E-state index in [1.807, 2.05) is 50.3 Å². The van der Waals surface area contributed by atoms with Gasteiger partial charge in [-0.2, -0.15) is 0 Å². The Morgan fingerprint density at radius 3 is 2.43 bits per heavy atom. The third kappa shape index (κ3) is 4.11. The van der Waals surface area contributed by atoms with Gasteiger partial charge in [0.05, 0.1) is 28.5 Å². The molecule has 0 radical (unpaired) electrons. The molecule has 5 heterocycles. The Bertz CT molecular complexity index is 2000. The SMILES string of the molecule is CCOC(=O)C1=C(C)N=c2s/c(=C/c3cc(C)n(-c4ccc5c(c4)OCO5)c3C)c(=O)n2[C@@H]1c1ccc2c(c1)OCO2. The highest BCUT2D eigenvalue weighted by atomic mass is 32.1. The van der Waals surface area contributed by atoms with Crippen molar-refractivity contribution in [3.8, 4) is 28.7 Å². The van der Waals surface area contributed by atoms with Gasteiger partial charge >= 0.3 is 5.97 Å². The molecule has 1 atom stereocenters. The first kappa shape index (κ1) is 26.1. The first-order chi connectivity index (χ1) is 20.3.